The van der Waals surface area contributed by atoms with Crippen LogP contribution >= 0.6 is 0 Å². The third-order valence-electron chi connectivity index (χ3n) is 3.86. The molecule has 8 heteroatoms. The summed E-state index contributed by atoms with van der Waals surface area (Å²) in [6.07, 6.45) is 0.859. The summed E-state index contributed by atoms with van der Waals surface area (Å²) in [5, 5.41) is 18.2. The highest BCUT2D eigenvalue weighted by Gasteiger charge is 2.10. The predicted octanol–water partition coefficient (Wildman–Crippen LogP) is 2.64. The number of carbonyl (C=O) groups is 2. The smallest absolute Gasteiger partial charge is 0.414 e. The van der Waals surface area contributed by atoms with Crippen molar-refractivity contribution in [2.45, 2.75) is 19.9 Å². The average molecular weight is 393 g/mol. The SMILES string of the molecule is COc1ccc(CNCCc2ccc(F)cc2)c(OC)c1C.O=C(O)C(=O)O. The number of ether oxygens (including phenoxy) is 2. The third kappa shape index (κ3) is 7.24. The number of methoxy groups -OCH3 is 2. The van der Waals surface area contributed by atoms with Gasteiger partial charge in [0.25, 0.3) is 0 Å². The van der Waals surface area contributed by atoms with Gasteiger partial charge in [0.05, 0.1) is 14.2 Å². The zero-order valence-corrected chi connectivity index (χ0v) is 16.0. The minimum Gasteiger partial charge on any atom is -0.496 e. The Bertz CT molecular complexity index is 780. The molecule has 2 aromatic carbocycles. The lowest BCUT2D eigenvalue weighted by molar-refractivity contribution is -0.159. The van der Waals surface area contributed by atoms with E-state index in [1.165, 1.54) is 12.1 Å². The van der Waals surface area contributed by atoms with E-state index in [-0.39, 0.29) is 5.82 Å². The van der Waals surface area contributed by atoms with E-state index in [4.69, 9.17) is 29.3 Å². The van der Waals surface area contributed by atoms with Crippen LogP contribution in [0.4, 0.5) is 4.39 Å². The maximum absolute atomic E-state index is 12.8. The molecule has 0 atom stereocenters. The number of aliphatic carboxylic acids is 2. The van der Waals surface area contributed by atoms with Crippen molar-refractivity contribution in [3.05, 3.63) is 58.9 Å². The van der Waals surface area contributed by atoms with E-state index in [0.29, 0.717) is 0 Å². The largest absolute Gasteiger partial charge is 0.496 e. The van der Waals surface area contributed by atoms with E-state index >= 15 is 0 Å². The van der Waals surface area contributed by atoms with Crippen molar-refractivity contribution in [1.82, 2.24) is 5.32 Å². The Hall–Kier alpha value is -3.13. The second-order valence-corrected chi connectivity index (χ2v) is 5.75. The molecule has 0 aromatic heterocycles. The highest BCUT2D eigenvalue weighted by Crippen LogP contribution is 2.31. The van der Waals surface area contributed by atoms with Crippen LogP contribution < -0.4 is 14.8 Å². The molecule has 0 saturated heterocycles. The number of hydrogen-bond acceptors (Lipinski definition) is 5. The molecule has 7 nitrogen and oxygen atoms in total. The number of nitrogens with one attached hydrogen (secondary N) is 1. The van der Waals surface area contributed by atoms with Gasteiger partial charge in [-0.2, -0.15) is 0 Å². The number of carboxylic acid groups (broad SMARTS) is 2. The van der Waals surface area contributed by atoms with Crippen LogP contribution in [0.3, 0.4) is 0 Å². The van der Waals surface area contributed by atoms with Crippen LogP contribution in [0.2, 0.25) is 0 Å². The maximum Gasteiger partial charge on any atom is 0.414 e. The number of benzene rings is 2. The molecule has 2 aromatic rings. The zero-order chi connectivity index (χ0) is 21.1. The minimum absolute atomic E-state index is 0.199. The first-order valence-electron chi connectivity index (χ1n) is 8.42. The van der Waals surface area contributed by atoms with E-state index in [1.54, 1.807) is 14.2 Å². The van der Waals surface area contributed by atoms with Crippen LogP contribution in [0.5, 0.6) is 11.5 Å². The Morgan fingerprint density at radius 2 is 1.61 bits per heavy atom. The first kappa shape index (κ1) is 22.9. The molecular formula is C20H24FNO6. The van der Waals surface area contributed by atoms with E-state index in [0.717, 1.165) is 47.7 Å². The second kappa shape index (κ2) is 11.6. The molecule has 0 unspecified atom stereocenters. The van der Waals surface area contributed by atoms with E-state index in [9.17, 15) is 4.39 Å². The number of rotatable bonds is 7. The molecule has 0 bridgehead atoms. The van der Waals surface area contributed by atoms with Crippen LogP contribution in [0, 0.1) is 12.7 Å². The molecular weight excluding hydrogens is 369 g/mol. The lowest BCUT2D eigenvalue weighted by atomic mass is 10.1. The Labute approximate surface area is 162 Å². The molecule has 0 amide bonds. The van der Waals surface area contributed by atoms with Crippen molar-refractivity contribution in [3.63, 3.8) is 0 Å². The molecule has 0 aliphatic carbocycles. The predicted molar refractivity (Wildman–Crippen MR) is 101 cm³/mol. The van der Waals surface area contributed by atoms with Gasteiger partial charge in [0, 0.05) is 17.7 Å². The van der Waals surface area contributed by atoms with Crippen molar-refractivity contribution >= 4 is 11.9 Å². The van der Waals surface area contributed by atoms with Crippen LogP contribution in [0.25, 0.3) is 0 Å². The van der Waals surface area contributed by atoms with Gasteiger partial charge < -0.3 is 25.0 Å². The number of carboxylic acids is 2. The quantitative estimate of drug-likeness (QED) is 0.491. The van der Waals surface area contributed by atoms with Gasteiger partial charge in [-0.3, -0.25) is 0 Å². The molecule has 0 spiro atoms. The molecule has 0 saturated carbocycles. The highest BCUT2D eigenvalue weighted by molar-refractivity contribution is 6.27. The highest BCUT2D eigenvalue weighted by atomic mass is 19.1. The fourth-order valence-electron chi connectivity index (χ4n) is 2.48. The topological polar surface area (TPSA) is 105 Å². The first-order valence-corrected chi connectivity index (χ1v) is 8.42. The summed E-state index contributed by atoms with van der Waals surface area (Å²) in [7, 11) is 3.33. The summed E-state index contributed by atoms with van der Waals surface area (Å²) < 4.78 is 23.6. The molecule has 2 rings (SSSR count). The Morgan fingerprint density at radius 1 is 1.00 bits per heavy atom. The van der Waals surface area contributed by atoms with Crippen LogP contribution in [0.15, 0.2) is 36.4 Å². The summed E-state index contributed by atoms with van der Waals surface area (Å²) in [5.74, 6) is -2.17. The molecule has 0 fully saturated rings. The lowest BCUT2D eigenvalue weighted by Gasteiger charge is -2.15. The fourth-order valence-corrected chi connectivity index (χ4v) is 2.48. The maximum atomic E-state index is 12.8. The average Bonchev–Trinajstić information content (AvgIpc) is 2.67. The molecule has 152 valence electrons. The number of hydrogen-bond donors (Lipinski definition) is 3. The van der Waals surface area contributed by atoms with E-state index in [2.05, 4.69) is 5.32 Å². The fraction of sp³-hybridized carbons (Fsp3) is 0.300. The van der Waals surface area contributed by atoms with Crippen molar-refractivity contribution in [2.24, 2.45) is 0 Å². The van der Waals surface area contributed by atoms with Crippen LogP contribution in [-0.4, -0.2) is 42.9 Å². The van der Waals surface area contributed by atoms with E-state index < -0.39 is 11.9 Å². The van der Waals surface area contributed by atoms with Gasteiger partial charge in [-0.25, -0.2) is 14.0 Å². The van der Waals surface area contributed by atoms with Gasteiger partial charge in [-0.15, -0.1) is 0 Å². The van der Waals surface area contributed by atoms with Crippen molar-refractivity contribution < 1.29 is 33.7 Å². The van der Waals surface area contributed by atoms with Gasteiger partial charge >= 0.3 is 11.9 Å². The monoisotopic (exact) mass is 393 g/mol. The van der Waals surface area contributed by atoms with Gasteiger partial charge in [0.2, 0.25) is 0 Å². The summed E-state index contributed by atoms with van der Waals surface area (Å²) >= 11 is 0. The lowest BCUT2D eigenvalue weighted by Crippen LogP contribution is -2.17. The second-order valence-electron chi connectivity index (χ2n) is 5.75. The normalized spacial score (nSPS) is 9.86. The van der Waals surface area contributed by atoms with Gasteiger partial charge in [-0.05, 0) is 43.7 Å². The van der Waals surface area contributed by atoms with Crippen LogP contribution in [0.1, 0.15) is 16.7 Å². The number of halogens is 1. The van der Waals surface area contributed by atoms with Crippen LogP contribution in [-0.2, 0) is 22.6 Å². The molecule has 0 aliphatic heterocycles. The zero-order valence-electron chi connectivity index (χ0n) is 16.0. The Balaban J connectivity index is 0.000000568. The first-order chi connectivity index (χ1) is 13.3. The molecule has 3 N–H and O–H groups in total. The summed E-state index contributed by atoms with van der Waals surface area (Å²) in [6, 6.07) is 10.6. The summed E-state index contributed by atoms with van der Waals surface area (Å²) in [6.45, 7) is 3.52. The molecule has 0 aliphatic rings. The van der Waals surface area contributed by atoms with Crippen molar-refractivity contribution in [2.75, 3.05) is 20.8 Å². The molecule has 28 heavy (non-hydrogen) atoms. The van der Waals surface area contributed by atoms with Gasteiger partial charge in [0.1, 0.15) is 17.3 Å². The summed E-state index contributed by atoms with van der Waals surface area (Å²) in [4.78, 5) is 18.2. The summed E-state index contributed by atoms with van der Waals surface area (Å²) in [5.41, 5.74) is 3.22. The molecule has 0 radical (unpaired) electrons. The third-order valence-corrected chi connectivity index (χ3v) is 3.86. The standard InChI is InChI=1S/C18H22FNO2.C2H2O4/c1-13-17(21-2)9-6-15(18(13)22-3)12-20-11-10-14-4-7-16(19)8-5-14;3-1(4)2(5)6/h4-9,20H,10-12H2,1-3H3;(H,3,4)(H,5,6). The Morgan fingerprint density at radius 3 is 2.11 bits per heavy atom. The van der Waals surface area contributed by atoms with E-state index in [1.807, 2.05) is 31.2 Å². The minimum atomic E-state index is -1.82. The Kier molecular flexibility index (Phi) is 9.45. The molecule has 0 heterocycles. The van der Waals surface area contributed by atoms with Gasteiger partial charge in [0.15, 0.2) is 0 Å². The van der Waals surface area contributed by atoms with Crippen molar-refractivity contribution in [1.29, 1.82) is 0 Å². The van der Waals surface area contributed by atoms with Crippen molar-refractivity contribution in [3.8, 4) is 11.5 Å². The van der Waals surface area contributed by atoms with Gasteiger partial charge in [-0.1, -0.05) is 18.2 Å².